The molecule has 0 bridgehead atoms. The van der Waals surface area contributed by atoms with E-state index in [2.05, 4.69) is 17.5 Å². The van der Waals surface area contributed by atoms with E-state index in [9.17, 15) is 4.79 Å². The Morgan fingerprint density at radius 3 is 2.00 bits per heavy atom. The van der Waals surface area contributed by atoms with Crippen molar-refractivity contribution in [3.05, 3.63) is 29.8 Å². The molecule has 0 heterocycles. The number of rotatable bonds is 17. The van der Waals surface area contributed by atoms with Gasteiger partial charge in [0.05, 0.1) is 13.3 Å². The lowest BCUT2D eigenvalue weighted by Crippen LogP contribution is -2.16. The van der Waals surface area contributed by atoms with Crippen LogP contribution in [0.3, 0.4) is 0 Å². The summed E-state index contributed by atoms with van der Waals surface area (Å²) < 4.78 is 5.25. The summed E-state index contributed by atoms with van der Waals surface area (Å²) in [6.07, 6.45) is 19.2. The van der Waals surface area contributed by atoms with Crippen molar-refractivity contribution in [1.82, 2.24) is 5.43 Å². The molecule has 0 aliphatic rings. The van der Waals surface area contributed by atoms with E-state index in [0.29, 0.717) is 6.42 Å². The molecular weight excluding hydrogens is 348 g/mol. The summed E-state index contributed by atoms with van der Waals surface area (Å²) in [5, 5.41) is 4.03. The van der Waals surface area contributed by atoms with E-state index in [-0.39, 0.29) is 5.91 Å². The molecule has 0 spiro atoms. The second kappa shape index (κ2) is 17.3. The zero-order chi connectivity index (χ0) is 20.3. The van der Waals surface area contributed by atoms with E-state index >= 15 is 0 Å². The van der Waals surface area contributed by atoms with Gasteiger partial charge >= 0.3 is 0 Å². The van der Waals surface area contributed by atoms with Gasteiger partial charge < -0.3 is 4.74 Å². The number of nitrogens with one attached hydrogen (secondary N) is 1. The highest BCUT2D eigenvalue weighted by Gasteiger charge is 2.01. The van der Waals surface area contributed by atoms with E-state index in [1.165, 1.54) is 70.6 Å². The van der Waals surface area contributed by atoms with Crippen molar-refractivity contribution in [2.24, 2.45) is 5.10 Å². The maximum Gasteiger partial charge on any atom is 0.240 e. The highest BCUT2D eigenvalue weighted by molar-refractivity contribution is 5.85. The fraction of sp³-hybridized carbons (Fsp3) is 0.667. The monoisotopic (exact) mass is 388 g/mol. The number of methoxy groups -OCH3 is 1. The second-order valence-electron chi connectivity index (χ2n) is 7.53. The number of hydrazone groups is 1. The number of carbonyl (C=O) groups is 1. The molecule has 0 unspecified atom stereocenters. The minimum absolute atomic E-state index is 0.0192. The second-order valence-corrected chi connectivity index (χ2v) is 7.53. The number of hydrogen-bond donors (Lipinski definition) is 1. The van der Waals surface area contributed by atoms with Gasteiger partial charge in [-0.05, 0) is 18.6 Å². The van der Waals surface area contributed by atoms with Crippen molar-refractivity contribution < 1.29 is 9.53 Å². The molecule has 4 nitrogen and oxygen atoms in total. The molecule has 0 fully saturated rings. The standard InChI is InChI=1S/C24H40N2O2/c1-3-4-5-6-7-8-9-10-11-12-13-14-15-20-24(27)26-25-21-22-18-16-17-19-23(22)28-2/h16-19,21H,3-15,20H2,1-2H3,(H,26,27)/b25-21-. The fourth-order valence-electron chi connectivity index (χ4n) is 3.31. The number of ether oxygens (including phenoxy) is 1. The van der Waals surface area contributed by atoms with E-state index in [1.807, 2.05) is 24.3 Å². The molecule has 0 aliphatic carbocycles. The van der Waals surface area contributed by atoms with Gasteiger partial charge in [-0.15, -0.1) is 0 Å². The van der Waals surface area contributed by atoms with Gasteiger partial charge in [0.1, 0.15) is 5.75 Å². The first-order chi connectivity index (χ1) is 13.8. The Hall–Kier alpha value is -1.84. The van der Waals surface area contributed by atoms with Crippen LogP contribution in [0.1, 0.15) is 102 Å². The van der Waals surface area contributed by atoms with E-state index in [0.717, 1.165) is 24.2 Å². The van der Waals surface area contributed by atoms with Crippen LogP contribution in [0.4, 0.5) is 0 Å². The summed E-state index contributed by atoms with van der Waals surface area (Å²) in [4.78, 5) is 11.8. The van der Waals surface area contributed by atoms with Crippen LogP contribution < -0.4 is 10.2 Å². The lowest BCUT2D eigenvalue weighted by Gasteiger charge is -2.04. The van der Waals surface area contributed by atoms with Crippen molar-refractivity contribution >= 4 is 12.1 Å². The molecule has 28 heavy (non-hydrogen) atoms. The smallest absolute Gasteiger partial charge is 0.240 e. The molecule has 0 atom stereocenters. The van der Waals surface area contributed by atoms with Crippen molar-refractivity contribution in [1.29, 1.82) is 0 Å². The Morgan fingerprint density at radius 2 is 1.43 bits per heavy atom. The average molecular weight is 389 g/mol. The molecule has 0 aliphatic heterocycles. The van der Waals surface area contributed by atoms with Crippen molar-refractivity contribution in [2.45, 2.75) is 96.8 Å². The Labute approximate surface area is 172 Å². The van der Waals surface area contributed by atoms with Gasteiger partial charge in [0.15, 0.2) is 0 Å². The number of nitrogens with zero attached hydrogens (tertiary/aromatic N) is 1. The van der Waals surface area contributed by atoms with Crippen LogP contribution in [-0.2, 0) is 4.79 Å². The number of unbranched alkanes of at least 4 members (excludes halogenated alkanes) is 12. The summed E-state index contributed by atoms with van der Waals surface area (Å²) in [7, 11) is 1.62. The van der Waals surface area contributed by atoms with Crippen LogP contribution >= 0.6 is 0 Å². The van der Waals surface area contributed by atoms with Crippen LogP contribution in [0.25, 0.3) is 0 Å². The Balaban J connectivity index is 1.93. The number of para-hydroxylation sites is 1. The van der Waals surface area contributed by atoms with Gasteiger partial charge in [0.2, 0.25) is 5.91 Å². The van der Waals surface area contributed by atoms with Crippen LogP contribution in [0, 0.1) is 0 Å². The van der Waals surface area contributed by atoms with Crippen LogP contribution in [0.5, 0.6) is 5.75 Å². The zero-order valence-corrected chi connectivity index (χ0v) is 18.0. The maximum absolute atomic E-state index is 11.8. The first kappa shape index (κ1) is 24.2. The third-order valence-electron chi connectivity index (χ3n) is 5.04. The molecule has 0 radical (unpaired) electrons. The SMILES string of the molecule is CCCCCCCCCCCCCCCC(=O)N/N=C\c1ccccc1OC. The average Bonchev–Trinajstić information content (AvgIpc) is 2.71. The van der Waals surface area contributed by atoms with Gasteiger partial charge in [-0.1, -0.05) is 96.1 Å². The highest BCUT2D eigenvalue weighted by atomic mass is 16.5. The zero-order valence-electron chi connectivity index (χ0n) is 18.0. The number of benzene rings is 1. The first-order valence-electron chi connectivity index (χ1n) is 11.2. The lowest BCUT2D eigenvalue weighted by atomic mass is 10.0. The number of amides is 1. The molecule has 1 aromatic carbocycles. The summed E-state index contributed by atoms with van der Waals surface area (Å²) in [5.41, 5.74) is 3.45. The van der Waals surface area contributed by atoms with Crippen molar-refractivity contribution in [3.8, 4) is 5.75 Å². The molecule has 1 N–H and O–H groups in total. The van der Waals surface area contributed by atoms with Crippen LogP contribution in [-0.4, -0.2) is 19.2 Å². The summed E-state index contributed by atoms with van der Waals surface area (Å²) >= 11 is 0. The fourth-order valence-corrected chi connectivity index (χ4v) is 3.31. The maximum atomic E-state index is 11.8. The minimum atomic E-state index is -0.0192. The van der Waals surface area contributed by atoms with E-state index < -0.39 is 0 Å². The number of carbonyl (C=O) groups excluding carboxylic acids is 1. The molecule has 4 heteroatoms. The molecule has 1 amide bonds. The summed E-state index contributed by atoms with van der Waals surface area (Å²) in [6.45, 7) is 2.27. The molecule has 0 saturated carbocycles. The van der Waals surface area contributed by atoms with Gasteiger partial charge in [0, 0.05) is 12.0 Å². The van der Waals surface area contributed by atoms with E-state index in [1.54, 1.807) is 13.3 Å². The van der Waals surface area contributed by atoms with Gasteiger partial charge in [-0.2, -0.15) is 5.10 Å². The van der Waals surface area contributed by atoms with Gasteiger partial charge in [-0.25, -0.2) is 5.43 Å². The van der Waals surface area contributed by atoms with Gasteiger partial charge in [-0.3, -0.25) is 4.79 Å². The van der Waals surface area contributed by atoms with Gasteiger partial charge in [0.25, 0.3) is 0 Å². The predicted molar refractivity (Wildman–Crippen MR) is 119 cm³/mol. The molecular formula is C24H40N2O2. The molecule has 158 valence electrons. The Bertz CT molecular complexity index is 543. The first-order valence-corrected chi connectivity index (χ1v) is 11.2. The Morgan fingerprint density at radius 1 is 0.893 bits per heavy atom. The Kier molecular flexibility index (Phi) is 14.9. The third kappa shape index (κ3) is 12.5. The third-order valence-corrected chi connectivity index (χ3v) is 5.04. The van der Waals surface area contributed by atoms with Crippen LogP contribution in [0.2, 0.25) is 0 Å². The summed E-state index contributed by atoms with van der Waals surface area (Å²) in [5.74, 6) is 0.728. The highest BCUT2D eigenvalue weighted by Crippen LogP contribution is 2.15. The van der Waals surface area contributed by atoms with Crippen molar-refractivity contribution in [3.63, 3.8) is 0 Å². The van der Waals surface area contributed by atoms with E-state index in [4.69, 9.17) is 4.74 Å². The van der Waals surface area contributed by atoms with Crippen molar-refractivity contribution in [2.75, 3.05) is 7.11 Å². The predicted octanol–water partition coefficient (Wildman–Crippen LogP) is 6.63. The molecule has 1 rings (SSSR count). The minimum Gasteiger partial charge on any atom is -0.496 e. The topological polar surface area (TPSA) is 50.7 Å². The number of hydrogen-bond acceptors (Lipinski definition) is 3. The molecule has 0 saturated heterocycles. The normalized spacial score (nSPS) is 11.1. The summed E-state index contributed by atoms with van der Waals surface area (Å²) in [6, 6.07) is 7.60. The quantitative estimate of drug-likeness (QED) is 0.185. The largest absolute Gasteiger partial charge is 0.496 e. The lowest BCUT2D eigenvalue weighted by molar-refractivity contribution is -0.121. The molecule has 0 aromatic heterocycles. The van der Waals surface area contributed by atoms with Crippen LogP contribution in [0.15, 0.2) is 29.4 Å². The molecule has 1 aromatic rings.